The number of aromatic nitrogens is 2. The summed E-state index contributed by atoms with van der Waals surface area (Å²) < 4.78 is 13.2. The first-order valence-electron chi connectivity index (χ1n) is 5.97. The fourth-order valence-corrected chi connectivity index (χ4v) is 1.92. The quantitative estimate of drug-likeness (QED) is 0.881. The smallest absolute Gasteiger partial charge is 0.148 e. The summed E-state index contributed by atoms with van der Waals surface area (Å²) in [6.07, 6.45) is 3.57. The van der Waals surface area contributed by atoms with E-state index in [1.807, 2.05) is 6.07 Å². The Morgan fingerprint density at radius 3 is 2.72 bits per heavy atom. The summed E-state index contributed by atoms with van der Waals surface area (Å²) in [5.41, 5.74) is 8.04. The lowest BCUT2D eigenvalue weighted by Crippen LogP contribution is -2.22. The molecule has 3 nitrogen and oxygen atoms in total. The molecule has 3 rings (SSSR count). The first kappa shape index (κ1) is 11.3. The van der Waals surface area contributed by atoms with Gasteiger partial charge in [0.05, 0.1) is 11.2 Å². The van der Waals surface area contributed by atoms with Crippen molar-refractivity contribution in [1.82, 2.24) is 9.97 Å². The van der Waals surface area contributed by atoms with Gasteiger partial charge in [0.1, 0.15) is 11.6 Å². The van der Waals surface area contributed by atoms with Crippen molar-refractivity contribution in [2.45, 2.75) is 25.3 Å². The highest BCUT2D eigenvalue weighted by Gasteiger charge is 2.43. The average molecular weight is 243 g/mol. The molecule has 18 heavy (non-hydrogen) atoms. The predicted molar refractivity (Wildman–Crippen MR) is 67.3 cm³/mol. The number of hydrogen-bond acceptors (Lipinski definition) is 3. The van der Waals surface area contributed by atoms with Crippen LogP contribution in [0, 0.1) is 12.7 Å². The van der Waals surface area contributed by atoms with Gasteiger partial charge in [-0.15, -0.1) is 0 Å². The molecule has 4 heteroatoms. The molecule has 1 saturated carbocycles. The van der Waals surface area contributed by atoms with Crippen molar-refractivity contribution in [3.8, 4) is 11.3 Å². The third-order valence-electron chi connectivity index (χ3n) is 3.34. The van der Waals surface area contributed by atoms with E-state index in [9.17, 15) is 4.39 Å². The van der Waals surface area contributed by atoms with Gasteiger partial charge in [-0.05, 0) is 49.6 Å². The minimum atomic E-state index is -0.342. The zero-order chi connectivity index (χ0) is 12.8. The van der Waals surface area contributed by atoms with Crippen molar-refractivity contribution in [1.29, 1.82) is 0 Å². The van der Waals surface area contributed by atoms with E-state index in [2.05, 4.69) is 9.97 Å². The number of aryl methyl sites for hydroxylation is 1. The summed E-state index contributed by atoms with van der Waals surface area (Å²) >= 11 is 0. The van der Waals surface area contributed by atoms with E-state index in [0.29, 0.717) is 11.4 Å². The molecule has 1 aliphatic carbocycles. The second kappa shape index (κ2) is 3.85. The first-order chi connectivity index (χ1) is 8.58. The van der Waals surface area contributed by atoms with Gasteiger partial charge in [0, 0.05) is 11.8 Å². The van der Waals surface area contributed by atoms with Crippen LogP contribution in [0.5, 0.6) is 0 Å². The molecule has 1 heterocycles. The monoisotopic (exact) mass is 243 g/mol. The summed E-state index contributed by atoms with van der Waals surface area (Å²) in [5, 5.41) is 0. The molecule has 1 aromatic heterocycles. The lowest BCUT2D eigenvalue weighted by atomic mass is 10.1. The van der Waals surface area contributed by atoms with E-state index in [-0.39, 0.29) is 11.4 Å². The molecule has 0 saturated heterocycles. The van der Waals surface area contributed by atoms with Crippen LogP contribution < -0.4 is 5.73 Å². The molecule has 0 radical (unpaired) electrons. The first-order valence-corrected chi connectivity index (χ1v) is 5.97. The fourth-order valence-electron chi connectivity index (χ4n) is 1.92. The minimum Gasteiger partial charge on any atom is -0.319 e. The Morgan fingerprint density at radius 2 is 2.06 bits per heavy atom. The van der Waals surface area contributed by atoms with Gasteiger partial charge in [-0.2, -0.15) is 0 Å². The third kappa shape index (κ3) is 1.88. The number of rotatable bonds is 2. The lowest BCUT2D eigenvalue weighted by molar-refractivity contribution is 0.618. The van der Waals surface area contributed by atoms with Crippen molar-refractivity contribution in [2.24, 2.45) is 5.73 Å². The average Bonchev–Trinajstić information content (AvgIpc) is 3.12. The van der Waals surface area contributed by atoms with Crippen LogP contribution in [0.2, 0.25) is 0 Å². The van der Waals surface area contributed by atoms with Crippen molar-refractivity contribution in [2.75, 3.05) is 0 Å². The highest BCUT2D eigenvalue weighted by atomic mass is 19.1. The summed E-state index contributed by atoms with van der Waals surface area (Å²) in [6.45, 7) is 1.74. The standard InChI is InChI=1S/C14H14FN3/c1-9-8-10(2-3-11(9)15)12-4-7-17-13(18-12)14(16)5-6-14/h2-4,7-8H,5-6,16H2,1H3. The van der Waals surface area contributed by atoms with Gasteiger partial charge < -0.3 is 5.73 Å². The van der Waals surface area contributed by atoms with Crippen LogP contribution >= 0.6 is 0 Å². The van der Waals surface area contributed by atoms with Crippen molar-refractivity contribution < 1.29 is 4.39 Å². The van der Waals surface area contributed by atoms with Crippen LogP contribution in [0.1, 0.15) is 24.2 Å². The molecule has 0 unspecified atom stereocenters. The second-order valence-electron chi connectivity index (χ2n) is 4.89. The Bertz CT molecular complexity index is 606. The Balaban J connectivity index is 2.03. The van der Waals surface area contributed by atoms with Crippen LogP contribution in [-0.4, -0.2) is 9.97 Å². The third-order valence-corrected chi connectivity index (χ3v) is 3.34. The maximum atomic E-state index is 13.2. The second-order valence-corrected chi connectivity index (χ2v) is 4.89. The number of nitrogens with zero attached hydrogens (tertiary/aromatic N) is 2. The number of hydrogen-bond donors (Lipinski definition) is 1. The predicted octanol–water partition coefficient (Wildman–Crippen LogP) is 2.54. The van der Waals surface area contributed by atoms with E-state index >= 15 is 0 Å². The highest BCUT2D eigenvalue weighted by molar-refractivity contribution is 5.59. The maximum Gasteiger partial charge on any atom is 0.148 e. The van der Waals surface area contributed by atoms with E-state index < -0.39 is 0 Å². The van der Waals surface area contributed by atoms with Crippen molar-refractivity contribution >= 4 is 0 Å². The summed E-state index contributed by atoms with van der Waals surface area (Å²) in [5.74, 6) is 0.479. The normalized spacial score (nSPS) is 16.6. The molecule has 1 fully saturated rings. The fraction of sp³-hybridized carbons (Fsp3) is 0.286. The van der Waals surface area contributed by atoms with Crippen LogP contribution in [0.15, 0.2) is 30.5 Å². The molecule has 1 aromatic carbocycles. The van der Waals surface area contributed by atoms with E-state index in [4.69, 9.17) is 5.73 Å². The van der Waals surface area contributed by atoms with Gasteiger partial charge in [0.25, 0.3) is 0 Å². The Hall–Kier alpha value is -1.81. The van der Waals surface area contributed by atoms with E-state index in [0.717, 1.165) is 24.1 Å². The van der Waals surface area contributed by atoms with E-state index in [1.54, 1.807) is 25.3 Å². The Labute approximate surface area is 105 Å². The van der Waals surface area contributed by atoms with Gasteiger partial charge in [-0.25, -0.2) is 14.4 Å². The van der Waals surface area contributed by atoms with Gasteiger partial charge in [0.15, 0.2) is 0 Å². The molecule has 2 aromatic rings. The molecule has 0 bridgehead atoms. The molecular weight excluding hydrogens is 229 g/mol. The van der Waals surface area contributed by atoms with Gasteiger partial charge >= 0.3 is 0 Å². The van der Waals surface area contributed by atoms with E-state index in [1.165, 1.54) is 6.07 Å². The summed E-state index contributed by atoms with van der Waals surface area (Å²) in [4.78, 5) is 8.72. The van der Waals surface area contributed by atoms with Gasteiger partial charge in [0.2, 0.25) is 0 Å². The van der Waals surface area contributed by atoms with Crippen molar-refractivity contribution in [3.63, 3.8) is 0 Å². The Morgan fingerprint density at radius 1 is 1.28 bits per heavy atom. The maximum absolute atomic E-state index is 13.2. The molecule has 92 valence electrons. The number of nitrogens with two attached hydrogens (primary N) is 1. The Kier molecular flexibility index (Phi) is 2.41. The molecule has 0 spiro atoms. The van der Waals surface area contributed by atoms with Crippen molar-refractivity contribution in [3.05, 3.63) is 47.7 Å². The highest BCUT2D eigenvalue weighted by Crippen LogP contribution is 2.40. The summed E-state index contributed by atoms with van der Waals surface area (Å²) in [6, 6.07) is 6.80. The summed E-state index contributed by atoms with van der Waals surface area (Å²) in [7, 11) is 0. The molecular formula is C14H14FN3. The zero-order valence-electron chi connectivity index (χ0n) is 10.2. The lowest BCUT2D eigenvalue weighted by Gasteiger charge is -2.09. The van der Waals surface area contributed by atoms with Crippen LogP contribution in [-0.2, 0) is 5.54 Å². The molecule has 0 atom stereocenters. The number of benzene rings is 1. The minimum absolute atomic E-state index is 0.203. The van der Waals surface area contributed by atoms with Crippen LogP contribution in [0.3, 0.4) is 0 Å². The molecule has 1 aliphatic rings. The SMILES string of the molecule is Cc1cc(-c2ccnc(C3(N)CC3)n2)ccc1F. The largest absolute Gasteiger partial charge is 0.319 e. The molecule has 2 N–H and O–H groups in total. The topological polar surface area (TPSA) is 51.8 Å². The van der Waals surface area contributed by atoms with Crippen LogP contribution in [0.4, 0.5) is 4.39 Å². The number of halogens is 1. The molecule has 0 aliphatic heterocycles. The zero-order valence-corrected chi connectivity index (χ0v) is 10.2. The van der Waals surface area contributed by atoms with Gasteiger partial charge in [-0.3, -0.25) is 0 Å². The van der Waals surface area contributed by atoms with Gasteiger partial charge in [-0.1, -0.05) is 0 Å². The molecule has 0 amide bonds. The van der Waals surface area contributed by atoms with Crippen LogP contribution in [0.25, 0.3) is 11.3 Å².